The fourth-order valence-electron chi connectivity index (χ4n) is 1.85. The van der Waals surface area contributed by atoms with Crippen LogP contribution in [-0.2, 0) is 30.3 Å². The average Bonchev–Trinajstić information content (AvgIpc) is 2.59. The molecule has 0 aromatic heterocycles. The van der Waals surface area contributed by atoms with Gasteiger partial charge in [0, 0.05) is 0 Å². The van der Waals surface area contributed by atoms with Crippen LogP contribution in [-0.4, -0.2) is 42.9 Å². The maximum absolute atomic E-state index is 12.0. The highest BCUT2D eigenvalue weighted by Gasteiger charge is 2.27. The standard InChI is InChI=1S/C15H22N2O3.C2H4N2O2/c1-10(2)13(15(19)20-3)17-14(18)12(16)9-11-7-5-4-6-8-11;3-1(5)2(4)6/h4-8,10,12-13H,9,16H2,1-3H3,(H,17,18);(H2,3,5)(H2,4,6)/t12-,13-;/m0./s1. The van der Waals surface area contributed by atoms with Crippen LogP contribution < -0.4 is 22.5 Å². The van der Waals surface area contributed by atoms with Crippen LogP contribution in [0.4, 0.5) is 0 Å². The van der Waals surface area contributed by atoms with E-state index in [1.807, 2.05) is 44.2 Å². The molecule has 0 saturated heterocycles. The van der Waals surface area contributed by atoms with E-state index < -0.39 is 29.9 Å². The largest absolute Gasteiger partial charge is 0.467 e. The van der Waals surface area contributed by atoms with Crippen molar-refractivity contribution in [2.75, 3.05) is 7.11 Å². The lowest BCUT2D eigenvalue weighted by Gasteiger charge is -2.22. The molecule has 7 N–H and O–H groups in total. The number of esters is 1. The number of hydrogen-bond donors (Lipinski definition) is 4. The molecule has 1 aromatic rings. The number of rotatable bonds is 6. The van der Waals surface area contributed by atoms with Gasteiger partial charge in [0.15, 0.2) is 0 Å². The normalized spacial score (nSPS) is 12.2. The highest BCUT2D eigenvalue weighted by Crippen LogP contribution is 2.06. The van der Waals surface area contributed by atoms with E-state index in [2.05, 4.69) is 21.5 Å². The van der Waals surface area contributed by atoms with Gasteiger partial charge in [-0.2, -0.15) is 0 Å². The van der Waals surface area contributed by atoms with Gasteiger partial charge in [-0.05, 0) is 17.9 Å². The number of nitrogens with one attached hydrogen (secondary N) is 1. The molecule has 1 rings (SSSR count). The summed E-state index contributed by atoms with van der Waals surface area (Å²) in [5.41, 5.74) is 15.5. The molecule has 0 aliphatic carbocycles. The molecule has 0 radical (unpaired) electrons. The molecule has 9 nitrogen and oxygen atoms in total. The summed E-state index contributed by atoms with van der Waals surface area (Å²) in [6.07, 6.45) is 0.429. The number of methoxy groups -OCH3 is 1. The lowest BCUT2D eigenvalue weighted by molar-refractivity contribution is -0.146. The van der Waals surface area contributed by atoms with Crippen LogP contribution in [0, 0.1) is 5.92 Å². The Labute approximate surface area is 152 Å². The molecular weight excluding hydrogens is 340 g/mol. The Kier molecular flexibility index (Phi) is 10.3. The van der Waals surface area contributed by atoms with Crippen molar-refractivity contribution in [2.24, 2.45) is 23.1 Å². The van der Waals surface area contributed by atoms with Crippen LogP contribution in [0.25, 0.3) is 0 Å². The van der Waals surface area contributed by atoms with Gasteiger partial charge in [0.2, 0.25) is 5.91 Å². The predicted molar refractivity (Wildman–Crippen MR) is 95.3 cm³/mol. The number of carbonyl (C=O) groups is 4. The highest BCUT2D eigenvalue weighted by atomic mass is 16.5. The van der Waals surface area contributed by atoms with Gasteiger partial charge in [-0.3, -0.25) is 14.4 Å². The van der Waals surface area contributed by atoms with E-state index in [4.69, 9.17) is 5.73 Å². The molecule has 0 bridgehead atoms. The predicted octanol–water partition coefficient (Wildman–Crippen LogP) is -1.17. The second-order valence-corrected chi connectivity index (χ2v) is 5.78. The Morgan fingerprint density at radius 3 is 1.92 bits per heavy atom. The van der Waals surface area contributed by atoms with Gasteiger partial charge in [0.1, 0.15) is 6.04 Å². The van der Waals surface area contributed by atoms with Gasteiger partial charge in [0.05, 0.1) is 13.2 Å². The number of amides is 3. The van der Waals surface area contributed by atoms with Crippen molar-refractivity contribution in [3.05, 3.63) is 35.9 Å². The maximum atomic E-state index is 12.0. The SMILES string of the molecule is COC(=O)[C@@H](NC(=O)[C@@H](N)Cc1ccccc1)C(C)C.NC(=O)C(N)=O. The van der Waals surface area contributed by atoms with E-state index in [0.29, 0.717) is 6.42 Å². The van der Waals surface area contributed by atoms with Crippen LogP contribution >= 0.6 is 0 Å². The monoisotopic (exact) mass is 366 g/mol. The van der Waals surface area contributed by atoms with E-state index in [-0.39, 0.29) is 11.8 Å². The van der Waals surface area contributed by atoms with Gasteiger partial charge in [0.25, 0.3) is 0 Å². The van der Waals surface area contributed by atoms with Gasteiger partial charge in [-0.25, -0.2) is 4.79 Å². The van der Waals surface area contributed by atoms with Crippen molar-refractivity contribution >= 4 is 23.7 Å². The summed E-state index contributed by atoms with van der Waals surface area (Å²) in [7, 11) is 1.30. The smallest absolute Gasteiger partial charge is 0.328 e. The maximum Gasteiger partial charge on any atom is 0.328 e. The van der Waals surface area contributed by atoms with Crippen molar-refractivity contribution in [3.63, 3.8) is 0 Å². The third-order valence-electron chi connectivity index (χ3n) is 3.30. The summed E-state index contributed by atoms with van der Waals surface area (Å²) < 4.78 is 4.68. The molecule has 0 unspecified atom stereocenters. The molecule has 144 valence electrons. The second kappa shape index (κ2) is 11.6. The molecule has 2 atom stereocenters. The minimum atomic E-state index is -1.10. The summed E-state index contributed by atoms with van der Waals surface area (Å²) in [5.74, 6) is -3.07. The molecule has 1 aromatic carbocycles. The van der Waals surface area contributed by atoms with E-state index in [1.54, 1.807) is 0 Å². The molecular formula is C17H26N4O5. The Morgan fingerprint density at radius 1 is 1.04 bits per heavy atom. The van der Waals surface area contributed by atoms with Crippen LogP contribution in [0.2, 0.25) is 0 Å². The van der Waals surface area contributed by atoms with Crippen LogP contribution in [0.15, 0.2) is 30.3 Å². The Hall–Kier alpha value is -2.94. The number of hydrogen-bond acceptors (Lipinski definition) is 6. The number of primary amides is 2. The molecule has 9 heteroatoms. The van der Waals surface area contributed by atoms with Crippen molar-refractivity contribution in [3.8, 4) is 0 Å². The summed E-state index contributed by atoms with van der Waals surface area (Å²) >= 11 is 0. The van der Waals surface area contributed by atoms with E-state index in [9.17, 15) is 19.2 Å². The quantitative estimate of drug-likeness (QED) is 0.365. The fourth-order valence-corrected chi connectivity index (χ4v) is 1.85. The van der Waals surface area contributed by atoms with Crippen molar-refractivity contribution in [1.82, 2.24) is 5.32 Å². The highest BCUT2D eigenvalue weighted by molar-refractivity contribution is 6.33. The molecule has 3 amide bonds. The third-order valence-corrected chi connectivity index (χ3v) is 3.30. The topological polar surface area (TPSA) is 168 Å². The summed E-state index contributed by atoms with van der Waals surface area (Å²) in [5, 5.41) is 2.65. The van der Waals surface area contributed by atoms with Gasteiger partial charge >= 0.3 is 17.8 Å². The zero-order chi connectivity index (χ0) is 20.3. The Morgan fingerprint density at radius 2 is 1.54 bits per heavy atom. The first-order valence-electron chi connectivity index (χ1n) is 7.87. The minimum Gasteiger partial charge on any atom is -0.467 e. The summed E-state index contributed by atoms with van der Waals surface area (Å²) in [4.78, 5) is 42.5. The van der Waals surface area contributed by atoms with Crippen molar-refractivity contribution in [1.29, 1.82) is 0 Å². The van der Waals surface area contributed by atoms with Crippen LogP contribution in [0.3, 0.4) is 0 Å². The van der Waals surface area contributed by atoms with E-state index in [1.165, 1.54) is 7.11 Å². The lowest BCUT2D eigenvalue weighted by atomic mass is 10.0. The number of ether oxygens (including phenoxy) is 1. The molecule has 26 heavy (non-hydrogen) atoms. The van der Waals surface area contributed by atoms with Crippen LogP contribution in [0.5, 0.6) is 0 Å². The third kappa shape index (κ3) is 8.78. The molecule has 0 aliphatic rings. The van der Waals surface area contributed by atoms with Gasteiger partial charge < -0.3 is 27.3 Å². The van der Waals surface area contributed by atoms with E-state index >= 15 is 0 Å². The Bertz CT molecular complexity index is 607. The first-order valence-corrected chi connectivity index (χ1v) is 7.87. The first kappa shape index (κ1) is 23.1. The zero-order valence-corrected chi connectivity index (χ0v) is 15.1. The average molecular weight is 366 g/mol. The number of carbonyl (C=O) groups excluding carboxylic acids is 4. The molecule has 0 saturated carbocycles. The second-order valence-electron chi connectivity index (χ2n) is 5.78. The zero-order valence-electron chi connectivity index (χ0n) is 15.1. The van der Waals surface area contributed by atoms with Crippen LogP contribution in [0.1, 0.15) is 19.4 Å². The lowest BCUT2D eigenvalue weighted by Crippen LogP contribution is -2.51. The molecule has 0 aliphatic heterocycles. The molecule has 0 spiro atoms. The van der Waals surface area contributed by atoms with Crippen molar-refractivity contribution < 1.29 is 23.9 Å². The number of benzene rings is 1. The number of nitrogens with two attached hydrogens (primary N) is 3. The first-order chi connectivity index (χ1) is 12.1. The summed E-state index contributed by atoms with van der Waals surface area (Å²) in [6.45, 7) is 3.68. The van der Waals surface area contributed by atoms with Gasteiger partial charge in [-0.1, -0.05) is 44.2 Å². The van der Waals surface area contributed by atoms with Crippen molar-refractivity contribution in [2.45, 2.75) is 32.4 Å². The van der Waals surface area contributed by atoms with E-state index in [0.717, 1.165) is 5.56 Å². The Balaban J connectivity index is 0.000000896. The summed E-state index contributed by atoms with van der Waals surface area (Å²) in [6, 6.07) is 8.15. The minimum absolute atomic E-state index is 0.0599. The molecule has 0 fully saturated rings. The fraction of sp³-hybridized carbons (Fsp3) is 0.412. The molecule has 0 heterocycles. The van der Waals surface area contributed by atoms with Gasteiger partial charge in [-0.15, -0.1) is 0 Å².